The molecule has 7 nitrogen and oxygen atoms in total. The van der Waals surface area contributed by atoms with Gasteiger partial charge in [-0.05, 0) is 47.5 Å². The number of hydrogen-bond donors (Lipinski definition) is 1. The molecular weight excluding hydrogens is 382 g/mol. The van der Waals surface area contributed by atoms with E-state index in [1.807, 2.05) is 37.3 Å². The quantitative estimate of drug-likeness (QED) is 0.287. The number of benzene rings is 3. The summed E-state index contributed by atoms with van der Waals surface area (Å²) >= 11 is 0. The van der Waals surface area contributed by atoms with Crippen molar-refractivity contribution in [3.8, 4) is 11.3 Å². The van der Waals surface area contributed by atoms with Gasteiger partial charge in [0.1, 0.15) is 11.5 Å². The summed E-state index contributed by atoms with van der Waals surface area (Å²) in [5, 5.41) is 17.0. The highest BCUT2D eigenvalue weighted by Gasteiger charge is 2.13. The SMILES string of the molecule is Cc1ccc([N+](=O)[O-])cc1-c1ccc(/C=N\NC(=O)c2ccc3ccccc3c2)o1. The van der Waals surface area contributed by atoms with Crippen molar-refractivity contribution in [1.82, 2.24) is 5.43 Å². The number of nitrogens with zero attached hydrogens (tertiary/aromatic N) is 2. The Morgan fingerprint density at radius 1 is 1.03 bits per heavy atom. The Morgan fingerprint density at radius 3 is 2.63 bits per heavy atom. The van der Waals surface area contributed by atoms with Gasteiger partial charge in [0.25, 0.3) is 11.6 Å². The molecule has 0 atom stereocenters. The van der Waals surface area contributed by atoms with Crippen molar-refractivity contribution in [1.29, 1.82) is 0 Å². The largest absolute Gasteiger partial charge is 0.455 e. The molecule has 0 radical (unpaired) electrons. The maximum atomic E-state index is 12.3. The van der Waals surface area contributed by atoms with Crippen LogP contribution < -0.4 is 5.43 Å². The molecule has 1 heterocycles. The van der Waals surface area contributed by atoms with E-state index in [0.29, 0.717) is 22.6 Å². The molecule has 0 aliphatic carbocycles. The van der Waals surface area contributed by atoms with Gasteiger partial charge in [0, 0.05) is 23.3 Å². The van der Waals surface area contributed by atoms with E-state index in [0.717, 1.165) is 16.3 Å². The standard InChI is InChI=1S/C23H17N3O4/c1-15-6-9-19(26(28)29)13-21(15)22-11-10-20(30-22)14-24-25-23(27)18-8-7-16-4-2-3-5-17(16)12-18/h2-14H,1H3,(H,25,27)/b24-14-. The van der Waals surface area contributed by atoms with Crippen LogP contribution in [-0.2, 0) is 0 Å². The molecule has 0 saturated carbocycles. The van der Waals surface area contributed by atoms with Gasteiger partial charge in [-0.3, -0.25) is 14.9 Å². The van der Waals surface area contributed by atoms with Gasteiger partial charge in [-0.15, -0.1) is 0 Å². The molecule has 148 valence electrons. The fourth-order valence-corrected chi connectivity index (χ4v) is 3.11. The van der Waals surface area contributed by atoms with Crippen LogP contribution in [0.25, 0.3) is 22.1 Å². The van der Waals surface area contributed by atoms with Crippen molar-refractivity contribution in [3.63, 3.8) is 0 Å². The van der Waals surface area contributed by atoms with E-state index < -0.39 is 4.92 Å². The van der Waals surface area contributed by atoms with Crippen LogP contribution in [0.15, 0.2) is 82.3 Å². The molecule has 7 heteroatoms. The second-order valence-corrected chi connectivity index (χ2v) is 6.72. The van der Waals surface area contributed by atoms with E-state index >= 15 is 0 Å². The molecule has 30 heavy (non-hydrogen) atoms. The Morgan fingerprint density at radius 2 is 1.83 bits per heavy atom. The van der Waals surface area contributed by atoms with Crippen molar-refractivity contribution >= 4 is 28.6 Å². The molecule has 1 N–H and O–H groups in total. The lowest BCUT2D eigenvalue weighted by molar-refractivity contribution is -0.384. The van der Waals surface area contributed by atoms with Crippen LogP contribution in [0.4, 0.5) is 5.69 Å². The van der Waals surface area contributed by atoms with E-state index in [4.69, 9.17) is 4.42 Å². The third kappa shape index (κ3) is 3.95. The third-order valence-electron chi connectivity index (χ3n) is 4.69. The van der Waals surface area contributed by atoms with Crippen molar-refractivity contribution in [3.05, 3.63) is 99.8 Å². The van der Waals surface area contributed by atoms with Gasteiger partial charge in [-0.25, -0.2) is 5.43 Å². The maximum Gasteiger partial charge on any atom is 0.271 e. The zero-order valence-electron chi connectivity index (χ0n) is 16.0. The Kier molecular flexibility index (Phi) is 5.09. The minimum Gasteiger partial charge on any atom is -0.455 e. The number of non-ortho nitro benzene ring substituents is 1. The van der Waals surface area contributed by atoms with Crippen LogP contribution in [0.5, 0.6) is 0 Å². The van der Waals surface area contributed by atoms with Gasteiger partial charge in [-0.2, -0.15) is 5.10 Å². The summed E-state index contributed by atoms with van der Waals surface area (Å²) < 4.78 is 5.71. The average Bonchev–Trinajstić information content (AvgIpc) is 3.22. The van der Waals surface area contributed by atoms with Crippen LogP contribution in [0.2, 0.25) is 0 Å². The van der Waals surface area contributed by atoms with Crippen LogP contribution in [0, 0.1) is 17.0 Å². The number of rotatable bonds is 5. The smallest absolute Gasteiger partial charge is 0.271 e. The molecule has 0 fully saturated rings. The monoisotopic (exact) mass is 399 g/mol. The highest BCUT2D eigenvalue weighted by atomic mass is 16.6. The number of amides is 1. The summed E-state index contributed by atoms with van der Waals surface area (Å²) in [6.07, 6.45) is 1.38. The number of hydrazone groups is 1. The van der Waals surface area contributed by atoms with E-state index in [9.17, 15) is 14.9 Å². The molecule has 0 spiro atoms. The van der Waals surface area contributed by atoms with Gasteiger partial charge in [0.05, 0.1) is 11.1 Å². The number of aryl methyl sites for hydroxylation is 1. The number of carbonyl (C=O) groups is 1. The second-order valence-electron chi connectivity index (χ2n) is 6.72. The predicted octanol–water partition coefficient (Wildman–Crippen LogP) is 5.08. The minimum atomic E-state index is -0.448. The van der Waals surface area contributed by atoms with Crippen molar-refractivity contribution in [2.75, 3.05) is 0 Å². The van der Waals surface area contributed by atoms with Gasteiger partial charge in [0.15, 0.2) is 0 Å². The Hall–Kier alpha value is -4.26. The molecule has 3 aromatic carbocycles. The number of furan rings is 1. The number of fused-ring (bicyclic) bond motifs is 1. The summed E-state index contributed by atoms with van der Waals surface area (Å²) in [5.74, 6) is 0.562. The van der Waals surface area contributed by atoms with Crippen molar-refractivity contribution in [2.45, 2.75) is 6.92 Å². The molecule has 1 aromatic heterocycles. The van der Waals surface area contributed by atoms with E-state index in [1.165, 1.54) is 18.3 Å². The number of nitro groups is 1. The number of nitrogens with one attached hydrogen (secondary N) is 1. The Bertz CT molecular complexity index is 1290. The first-order valence-corrected chi connectivity index (χ1v) is 9.19. The molecule has 4 aromatic rings. The molecular formula is C23H17N3O4. The molecule has 1 amide bonds. The summed E-state index contributed by atoms with van der Waals surface area (Å²) in [7, 11) is 0. The highest BCUT2D eigenvalue weighted by molar-refractivity contribution is 5.98. The minimum absolute atomic E-state index is 0.00938. The number of hydrogen-bond acceptors (Lipinski definition) is 5. The van der Waals surface area contributed by atoms with Crippen molar-refractivity contribution in [2.24, 2.45) is 5.10 Å². The van der Waals surface area contributed by atoms with Crippen molar-refractivity contribution < 1.29 is 14.1 Å². The predicted molar refractivity (Wildman–Crippen MR) is 115 cm³/mol. The normalized spacial score (nSPS) is 11.1. The van der Waals surface area contributed by atoms with Gasteiger partial charge < -0.3 is 4.42 Å². The zero-order valence-corrected chi connectivity index (χ0v) is 16.0. The summed E-state index contributed by atoms with van der Waals surface area (Å²) in [6.45, 7) is 1.85. The lowest BCUT2D eigenvalue weighted by atomic mass is 10.1. The third-order valence-corrected chi connectivity index (χ3v) is 4.69. The molecule has 0 unspecified atom stereocenters. The number of carbonyl (C=O) groups excluding carboxylic acids is 1. The highest BCUT2D eigenvalue weighted by Crippen LogP contribution is 2.28. The van der Waals surface area contributed by atoms with Gasteiger partial charge in [0.2, 0.25) is 0 Å². The van der Waals surface area contributed by atoms with E-state index in [2.05, 4.69) is 10.5 Å². The second kappa shape index (κ2) is 8.00. The molecule has 0 saturated heterocycles. The maximum absolute atomic E-state index is 12.3. The summed E-state index contributed by atoms with van der Waals surface area (Å²) in [5.41, 5.74) is 4.45. The lowest BCUT2D eigenvalue weighted by Gasteiger charge is -2.02. The molecule has 0 aliphatic heterocycles. The fourth-order valence-electron chi connectivity index (χ4n) is 3.11. The van der Waals surface area contributed by atoms with Crippen LogP contribution in [0.1, 0.15) is 21.7 Å². The fraction of sp³-hybridized carbons (Fsp3) is 0.0435. The number of nitro benzene ring substituents is 1. The molecule has 0 bridgehead atoms. The van der Waals surface area contributed by atoms with Gasteiger partial charge in [-0.1, -0.05) is 36.4 Å². The Balaban J connectivity index is 1.47. The summed E-state index contributed by atoms with van der Waals surface area (Å²) in [4.78, 5) is 22.9. The first-order chi connectivity index (χ1) is 14.5. The van der Waals surface area contributed by atoms with Crippen LogP contribution >= 0.6 is 0 Å². The topological polar surface area (TPSA) is 97.7 Å². The summed E-state index contributed by atoms with van der Waals surface area (Å²) in [6, 6.07) is 21.2. The van der Waals surface area contributed by atoms with E-state index in [-0.39, 0.29) is 11.6 Å². The zero-order chi connectivity index (χ0) is 21.1. The molecule has 0 aliphatic rings. The van der Waals surface area contributed by atoms with Crippen LogP contribution in [0.3, 0.4) is 0 Å². The average molecular weight is 399 g/mol. The lowest BCUT2D eigenvalue weighted by Crippen LogP contribution is -2.17. The van der Waals surface area contributed by atoms with Gasteiger partial charge >= 0.3 is 0 Å². The first-order valence-electron chi connectivity index (χ1n) is 9.19. The molecule has 4 rings (SSSR count). The van der Waals surface area contributed by atoms with Crippen LogP contribution in [-0.4, -0.2) is 17.0 Å². The first kappa shape index (κ1) is 19.1. The Labute approximate surface area is 171 Å². The van der Waals surface area contributed by atoms with E-state index in [1.54, 1.807) is 30.3 Å².